The van der Waals surface area contributed by atoms with Crippen LogP contribution in [-0.2, 0) is 0 Å². The van der Waals surface area contributed by atoms with E-state index in [2.05, 4.69) is 52.0 Å². The van der Waals surface area contributed by atoms with Gasteiger partial charge in [0.05, 0.1) is 0 Å². The van der Waals surface area contributed by atoms with Crippen LogP contribution in [0.1, 0.15) is 49.3 Å². The molecule has 0 N–H and O–H groups in total. The van der Waals surface area contributed by atoms with Gasteiger partial charge in [0.2, 0.25) is 0 Å². The summed E-state index contributed by atoms with van der Waals surface area (Å²) in [7, 11) is 0. The van der Waals surface area contributed by atoms with Gasteiger partial charge in [0.15, 0.2) is 0 Å². The van der Waals surface area contributed by atoms with Crippen LogP contribution in [0.3, 0.4) is 0 Å². The lowest BCUT2D eigenvalue weighted by Gasteiger charge is -2.01. The summed E-state index contributed by atoms with van der Waals surface area (Å²) in [6.07, 6.45) is 0. The van der Waals surface area contributed by atoms with Crippen molar-refractivity contribution < 1.29 is 0 Å². The van der Waals surface area contributed by atoms with Gasteiger partial charge < -0.3 is 0 Å². The third-order valence-corrected chi connectivity index (χ3v) is 4.55. The second-order valence-corrected chi connectivity index (χ2v) is 5.77. The Morgan fingerprint density at radius 2 is 1.20 bits per heavy atom. The Morgan fingerprint density at radius 1 is 0.800 bits per heavy atom. The summed E-state index contributed by atoms with van der Waals surface area (Å²) in [4.78, 5) is 3.07. The summed E-state index contributed by atoms with van der Waals surface area (Å²) in [5, 5.41) is 2.92. The second-order valence-electron chi connectivity index (χ2n) is 4.69. The average Bonchev–Trinajstić information content (AvgIpc) is 2.56. The number of hydrogen-bond acceptors (Lipinski definition) is 1. The van der Waals surface area contributed by atoms with Crippen LogP contribution in [0.4, 0.5) is 0 Å². The molecule has 0 amide bonds. The van der Waals surface area contributed by atoms with E-state index in [0.717, 1.165) is 0 Å². The molecule has 0 aliphatic carbocycles. The van der Waals surface area contributed by atoms with E-state index in [1.165, 1.54) is 20.5 Å². The average molecular weight is 218 g/mol. The van der Waals surface area contributed by atoms with E-state index in [-0.39, 0.29) is 0 Å². The maximum absolute atomic E-state index is 2.28. The third kappa shape index (κ3) is 1.81. The zero-order valence-corrected chi connectivity index (χ0v) is 10.7. The lowest BCUT2D eigenvalue weighted by molar-refractivity contribution is 0.892. The first-order valence-corrected chi connectivity index (χ1v) is 6.44. The fourth-order valence-electron chi connectivity index (χ4n) is 2.00. The van der Waals surface area contributed by atoms with Crippen LogP contribution in [0.25, 0.3) is 10.8 Å². The van der Waals surface area contributed by atoms with E-state index in [1.54, 1.807) is 0 Å². The van der Waals surface area contributed by atoms with E-state index in [0.29, 0.717) is 11.8 Å². The molecule has 1 aromatic carbocycles. The van der Waals surface area contributed by atoms with Crippen molar-refractivity contribution in [1.29, 1.82) is 0 Å². The highest BCUT2D eigenvalue weighted by molar-refractivity contribution is 7.14. The number of thiophene rings is 1. The molecule has 1 heteroatoms. The van der Waals surface area contributed by atoms with Crippen molar-refractivity contribution in [2.45, 2.75) is 39.5 Å². The minimum absolute atomic E-state index is 0.632. The van der Waals surface area contributed by atoms with E-state index < -0.39 is 0 Å². The molecule has 0 atom stereocenters. The number of benzene rings is 1. The van der Waals surface area contributed by atoms with Crippen molar-refractivity contribution in [3.63, 3.8) is 0 Å². The standard InChI is InChI=1S/C14H18S/c1-9(2)13-11-7-5-6-8-12(11)14(15-13)10(3)4/h5-10H,1-4H3. The van der Waals surface area contributed by atoms with E-state index in [4.69, 9.17) is 0 Å². The molecule has 0 radical (unpaired) electrons. The predicted molar refractivity (Wildman–Crippen MR) is 70.0 cm³/mol. The first-order valence-electron chi connectivity index (χ1n) is 5.62. The van der Waals surface area contributed by atoms with Gasteiger partial charge in [0.25, 0.3) is 0 Å². The topological polar surface area (TPSA) is 0 Å². The maximum atomic E-state index is 2.28. The zero-order chi connectivity index (χ0) is 11.0. The zero-order valence-electron chi connectivity index (χ0n) is 9.87. The number of hydrogen-bond donors (Lipinski definition) is 0. The highest BCUT2D eigenvalue weighted by Gasteiger charge is 2.14. The van der Waals surface area contributed by atoms with E-state index in [9.17, 15) is 0 Å². The molecular formula is C14H18S. The Balaban J connectivity index is 2.73. The molecule has 1 aromatic heterocycles. The Morgan fingerprint density at radius 3 is 1.53 bits per heavy atom. The lowest BCUT2D eigenvalue weighted by atomic mass is 10.0. The first kappa shape index (κ1) is 10.7. The van der Waals surface area contributed by atoms with Crippen molar-refractivity contribution in [1.82, 2.24) is 0 Å². The van der Waals surface area contributed by atoms with Crippen molar-refractivity contribution in [2.75, 3.05) is 0 Å². The summed E-state index contributed by atoms with van der Waals surface area (Å²) in [5.41, 5.74) is 0. The highest BCUT2D eigenvalue weighted by Crippen LogP contribution is 2.39. The Hall–Kier alpha value is -0.820. The molecule has 0 fully saturated rings. The smallest absolute Gasteiger partial charge is 0.0152 e. The van der Waals surface area contributed by atoms with Crippen LogP contribution in [0, 0.1) is 0 Å². The van der Waals surface area contributed by atoms with Crippen molar-refractivity contribution >= 4 is 22.1 Å². The van der Waals surface area contributed by atoms with Gasteiger partial charge in [-0.05, 0) is 22.6 Å². The molecule has 2 rings (SSSR count). The fourth-order valence-corrected chi connectivity index (χ4v) is 3.28. The van der Waals surface area contributed by atoms with Gasteiger partial charge in [-0.15, -0.1) is 11.3 Å². The van der Waals surface area contributed by atoms with Gasteiger partial charge in [-0.25, -0.2) is 0 Å². The van der Waals surface area contributed by atoms with Crippen LogP contribution < -0.4 is 0 Å². The van der Waals surface area contributed by atoms with Crippen molar-refractivity contribution in [3.8, 4) is 0 Å². The predicted octanol–water partition coefficient (Wildman–Crippen LogP) is 5.15. The summed E-state index contributed by atoms with van der Waals surface area (Å²) >= 11 is 1.99. The quantitative estimate of drug-likeness (QED) is 0.654. The van der Waals surface area contributed by atoms with Gasteiger partial charge in [-0.2, -0.15) is 0 Å². The first-order chi connectivity index (χ1) is 7.11. The minimum atomic E-state index is 0.632. The molecule has 0 aliphatic heterocycles. The Labute approximate surface area is 95.9 Å². The van der Waals surface area contributed by atoms with Crippen LogP contribution in [0.15, 0.2) is 24.3 Å². The van der Waals surface area contributed by atoms with Crippen LogP contribution in [-0.4, -0.2) is 0 Å². The Kier molecular flexibility index (Phi) is 2.83. The van der Waals surface area contributed by atoms with E-state index in [1.807, 2.05) is 11.3 Å². The summed E-state index contributed by atoms with van der Waals surface area (Å²) in [6.45, 7) is 9.12. The molecule has 0 nitrogen and oxygen atoms in total. The van der Waals surface area contributed by atoms with Gasteiger partial charge in [-0.1, -0.05) is 52.0 Å². The lowest BCUT2D eigenvalue weighted by Crippen LogP contribution is -1.80. The van der Waals surface area contributed by atoms with Crippen molar-refractivity contribution in [2.24, 2.45) is 0 Å². The second kappa shape index (κ2) is 3.97. The number of fused-ring (bicyclic) bond motifs is 1. The molecule has 0 saturated carbocycles. The summed E-state index contributed by atoms with van der Waals surface area (Å²) < 4.78 is 0. The SMILES string of the molecule is CC(C)c1sc(C(C)C)c2ccccc12. The minimum Gasteiger partial charge on any atom is -0.144 e. The monoisotopic (exact) mass is 218 g/mol. The maximum Gasteiger partial charge on any atom is 0.0152 e. The summed E-state index contributed by atoms with van der Waals surface area (Å²) in [5.74, 6) is 1.26. The molecule has 80 valence electrons. The fraction of sp³-hybridized carbons (Fsp3) is 0.429. The molecule has 0 spiro atoms. The third-order valence-electron chi connectivity index (χ3n) is 2.73. The molecule has 15 heavy (non-hydrogen) atoms. The van der Waals surface area contributed by atoms with Crippen molar-refractivity contribution in [3.05, 3.63) is 34.0 Å². The van der Waals surface area contributed by atoms with Gasteiger partial charge in [0, 0.05) is 9.75 Å². The van der Waals surface area contributed by atoms with Crippen LogP contribution in [0.2, 0.25) is 0 Å². The van der Waals surface area contributed by atoms with Gasteiger partial charge in [0.1, 0.15) is 0 Å². The normalized spacial score (nSPS) is 11.9. The molecule has 0 aliphatic rings. The van der Waals surface area contributed by atoms with Crippen LogP contribution in [0.5, 0.6) is 0 Å². The van der Waals surface area contributed by atoms with E-state index >= 15 is 0 Å². The molecule has 0 unspecified atom stereocenters. The molecule has 0 saturated heterocycles. The highest BCUT2D eigenvalue weighted by atomic mass is 32.1. The molecule has 2 aromatic rings. The van der Waals surface area contributed by atoms with Crippen LogP contribution >= 0.6 is 11.3 Å². The molecular weight excluding hydrogens is 200 g/mol. The Bertz CT molecular complexity index is 421. The van der Waals surface area contributed by atoms with Gasteiger partial charge in [-0.3, -0.25) is 0 Å². The molecule has 0 bridgehead atoms. The summed E-state index contributed by atoms with van der Waals surface area (Å²) in [6, 6.07) is 8.80. The largest absolute Gasteiger partial charge is 0.144 e. The molecule has 1 heterocycles. The van der Waals surface area contributed by atoms with Gasteiger partial charge >= 0.3 is 0 Å². The number of rotatable bonds is 2.